The molecular formula is C74H112BrIN8O16S. The number of aryl methyl sites for hydroxylation is 1. The number of thioether (sulfide) groups is 1. The van der Waals surface area contributed by atoms with Crippen LogP contribution in [0.4, 0.5) is 4.79 Å². The van der Waals surface area contributed by atoms with Crippen LogP contribution in [0, 0.1) is 10.5 Å². The van der Waals surface area contributed by atoms with Gasteiger partial charge in [-0.15, -0.1) is 0 Å². The first-order valence-electron chi connectivity index (χ1n) is 35.8. The second-order valence-corrected chi connectivity index (χ2v) is 30.1. The number of benzene rings is 3. The highest BCUT2D eigenvalue weighted by atomic mass is 127. The molecule has 3 aliphatic heterocycles. The fourth-order valence-electron chi connectivity index (χ4n) is 12.3. The summed E-state index contributed by atoms with van der Waals surface area (Å²) in [4.78, 5) is 75.9. The molecule has 101 heavy (non-hydrogen) atoms. The number of hydrogen-bond donors (Lipinski definition) is 8. The van der Waals surface area contributed by atoms with Gasteiger partial charge < -0.3 is 89.9 Å². The number of nitrogens with one attached hydrogen (secondary N) is 8. The number of halogens is 2. The lowest BCUT2D eigenvalue weighted by Crippen LogP contribution is -2.63. The topological polar surface area (TPSA) is 291 Å². The third kappa shape index (κ3) is 34.9. The molecule has 3 aliphatic rings. The minimum atomic E-state index is -0.845. The van der Waals surface area contributed by atoms with Crippen molar-refractivity contribution in [2.75, 3.05) is 132 Å². The van der Waals surface area contributed by atoms with Gasteiger partial charge in [-0.3, -0.25) is 24.0 Å². The molecule has 7 amide bonds. The number of unbranched alkanes of at least 4 members (excludes halogenated alkanes) is 5. The van der Waals surface area contributed by atoms with E-state index in [4.69, 9.17) is 47.4 Å². The molecule has 1 unspecified atom stereocenters. The summed E-state index contributed by atoms with van der Waals surface area (Å²) < 4.78 is 58.8. The van der Waals surface area contributed by atoms with Gasteiger partial charge in [0.05, 0.1) is 116 Å². The second kappa shape index (κ2) is 47.9. The number of hydrogen-bond acceptors (Lipinski definition) is 18. The Morgan fingerprint density at radius 1 is 0.653 bits per heavy atom. The molecule has 3 heterocycles. The molecule has 0 saturated carbocycles. The smallest absolute Gasteiger partial charge is 0.315 e. The first-order valence-corrected chi connectivity index (χ1v) is 38.8. The summed E-state index contributed by atoms with van der Waals surface area (Å²) in [6.45, 7) is 18.7. The summed E-state index contributed by atoms with van der Waals surface area (Å²) in [6, 6.07) is 16.9. The SMILES string of the molecule is COc1cc(/C=C/C(=O)NC(Cc2ccc(OCc3c(C)cccc3I)cc2)C(=O)NC2CC(C)(C)NC(C)(C)C2)cc(Br)c1OCCOCCOCCOCCOCCOCCOCCOCCNC(=O)CCCCCNC(=O)CCCCCNC(=O)CCCC[C@@H]1SC[C@@H]2NC(=O)N[C@@H]21. The van der Waals surface area contributed by atoms with Crippen molar-refractivity contribution in [1.82, 2.24) is 42.5 Å². The summed E-state index contributed by atoms with van der Waals surface area (Å²) in [5, 5.41) is 25.1. The van der Waals surface area contributed by atoms with Crippen LogP contribution in [0.1, 0.15) is 140 Å². The van der Waals surface area contributed by atoms with Gasteiger partial charge in [0.2, 0.25) is 29.5 Å². The van der Waals surface area contributed by atoms with E-state index in [0.29, 0.717) is 171 Å². The Hall–Kier alpha value is -5.34. The van der Waals surface area contributed by atoms with Crippen molar-refractivity contribution in [3.63, 3.8) is 0 Å². The lowest BCUT2D eigenvalue weighted by Gasteiger charge is -2.46. The maximum atomic E-state index is 14.1. The minimum Gasteiger partial charge on any atom is -0.493 e. The van der Waals surface area contributed by atoms with Crippen LogP contribution in [0.5, 0.6) is 17.2 Å². The van der Waals surface area contributed by atoms with Gasteiger partial charge in [-0.05, 0) is 178 Å². The molecule has 27 heteroatoms. The van der Waals surface area contributed by atoms with Crippen molar-refractivity contribution in [3.05, 3.63) is 91.0 Å². The summed E-state index contributed by atoms with van der Waals surface area (Å²) in [7, 11) is 1.55. The Morgan fingerprint density at radius 3 is 1.74 bits per heavy atom. The van der Waals surface area contributed by atoms with Gasteiger partial charge >= 0.3 is 6.03 Å². The predicted molar refractivity (Wildman–Crippen MR) is 404 cm³/mol. The van der Waals surface area contributed by atoms with Gasteiger partial charge in [-0.1, -0.05) is 43.5 Å². The fourth-order valence-corrected chi connectivity index (χ4v) is 15.2. The maximum absolute atomic E-state index is 14.1. The highest BCUT2D eigenvalue weighted by molar-refractivity contribution is 14.1. The second-order valence-electron chi connectivity index (χ2n) is 26.8. The summed E-state index contributed by atoms with van der Waals surface area (Å²) >= 11 is 7.83. The highest BCUT2D eigenvalue weighted by Gasteiger charge is 2.43. The van der Waals surface area contributed by atoms with Crippen LogP contribution in [0.2, 0.25) is 0 Å². The molecule has 564 valence electrons. The van der Waals surface area contributed by atoms with Crippen LogP contribution >= 0.6 is 50.3 Å². The Bertz CT molecular complexity index is 2970. The van der Waals surface area contributed by atoms with Crippen molar-refractivity contribution < 1.29 is 76.1 Å². The van der Waals surface area contributed by atoms with Crippen LogP contribution in [-0.4, -0.2) is 208 Å². The van der Waals surface area contributed by atoms with Crippen molar-refractivity contribution in [2.45, 2.75) is 178 Å². The third-order valence-corrected chi connectivity index (χ3v) is 20.2. The van der Waals surface area contributed by atoms with Gasteiger partial charge in [-0.25, -0.2) is 4.79 Å². The van der Waals surface area contributed by atoms with E-state index in [2.05, 4.69) is 128 Å². The fraction of sp³-hybridized carbons (Fsp3) is 0.649. The predicted octanol–water partition coefficient (Wildman–Crippen LogP) is 8.81. The Labute approximate surface area is 624 Å². The molecule has 0 bridgehead atoms. The molecular weight excluding hydrogens is 1500 g/mol. The summed E-state index contributed by atoms with van der Waals surface area (Å²) in [5.74, 6) is 2.04. The van der Waals surface area contributed by atoms with E-state index in [1.165, 1.54) is 11.6 Å². The Kier molecular flexibility index (Phi) is 40.1. The molecule has 3 fully saturated rings. The number of carbonyl (C=O) groups is 6. The zero-order valence-electron chi connectivity index (χ0n) is 60.2. The molecule has 0 aromatic heterocycles. The Balaban J connectivity index is 0.684. The van der Waals surface area contributed by atoms with Gasteiger partial charge in [0.25, 0.3) is 0 Å². The van der Waals surface area contributed by atoms with Crippen LogP contribution in [0.3, 0.4) is 0 Å². The number of piperidine rings is 1. The molecule has 0 aliphatic carbocycles. The lowest BCUT2D eigenvalue weighted by molar-refractivity contribution is -0.128. The van der Waals surface area contributed by atoms with Gasteiger partial charge in [-0.2, -0.15) is 11.8 Å². The van der Waals surface area contributed by atoms with Crippen molar-refractivity contribution >= 4 is 91.9 Å². The number of ether oxygens (including phenoxy) is 10. The van der Waals surface area contributed by atoms with Gasteiger partial charge in [0.15, 0.2) is 11.5 Å². The normalized spacial score (nSPS) is 17.2. The van der Waals surface area contributed by atoms with Crippen molar-refractivity contribution in [2.24, 2.45) is 0 Å². The number of urea groups is 1. The monoisotopic (exact) mass is 1610 g/mol. The molecule has 4 atom stereocenters. The standard InChI is InChI=1S/C74H112BrIN8O16S/c1-53-16-15-17-60(76)58(53)51-100-57-25-22-54(23-26-57)47-61(71(89)80-56-49-73(2,3)84-74(4,5)50-56)81-68(88)27-24-55-46-59(75)70(63(48-55)91-6)99-45-44-98-43-42-97-41-40-96-39-38-95-37-36-94-35-34-93-33-32-92-31-30-79-67(87)20-10-8-14-28-77-65(85)19-9-7-13-29-78-66(86)21-12-11-18-64-69-62(52-101-64)82-72(90)83-69/h15-17,22-27,46,48,56,61-62,64,69,84H,7-14,18-21,28-45,47,49-52H2,1-6H3,(H,77,85)(H,78,86)(H,79,87)(H,80,89)(H,81,88)(H2,82,83,90)/b27-24+/t61?,62-,64-,69-/m0/s1. The first-order chi connectivity index (χ1) is 48.8. The zero-order chi connectivity index (χ0) is 72.5. The van der Waals surface area contributed by atoms with Crippen molar-refractivity contribution in [1.29, 1.82) is 0 Å². The lowest BCUT2D eigenvalue weighted by atomic mass is 9.79. The minimum absolute atomic E-state index is 0.0168. The third-order valence-electron chi connectivity index (χ3n) is 17.1. The van der Waals surface area contributed by atoms with Gasteiger partial charge in [0.1, 0.15) is 25.0 Å². The molecule has 0 spiro atoms. The van der Waals surface area contributed by atoms with Crippen LogP contribution in [0.15, 0.2) is 65.1 Å². The van der Waals surface area contributed by atoms with E-state index in [9.17, 15) is 28.8 Å². The van der Waals surface area contributed by atoms with E-state index < -0.39 is 11.9 Å². The van der Waals surface area contributed by atoms with Crippen molar-refractivity contribution in [3.8, 4) is 17.2 Å². The molecule has 6 rings (SSSR count). The number of methoxy groups -OCH3 is 1. The van der Waals surface area contributed by atoms with E-state index in [1.807, 2.05) is 48.2 Å². The van der Waals surface area contributed by atoms with E-state index in [0.717, 1.165) is 91.1 Å². The van der Waals surface area contributed by atoms with Crippen LogP contribution in [-0.2, 0) is 70.2 Å². The maximum Gasteiger partial charge on any atom is 0.315 e. The van der Waals surface area contributed by atoms with Crippen LogP contribution < -0.4 is 56.7 Å². The number of rotatable bonds is 53. The quantitative estimate of drug-likeness (QED) is 0.0113. The molecule has 3 aromatic carbocycles. The molecule has 3 aromatic rings. The molecule has 3 saturated heterocycles. The number of fused-ring (bicyclic) bond motifs is 1. The first kappa shape index (κ1) is 84.6. The Morgan fingerprint density at radius 2 is 1.19 bits per heavy atom. The average Bonchev–Trinajstić information content (AvgIpc) is 1.77. The number of amides is 7. The van der Waals surface area contributed by atoms with E-state index >= 15 is 0 Å². The average molecular weight is 1610 g/mol. The largest absolute Gasteiger partial charge is 0.493 e. The van der Waals surface area contributed by atoms with Crippen LogP contribution in [0.25, 0.3) is 6.08 Å². The summed E-state index contributed by atoms with van der Waals surface area (Å²) in [5.41, 5.74) is 3.50. The summed E-state index contributed by atoms with van der Waals surface area (Å²) in [6.07, 6.45) is 14.0. The zero-order valence-corrected chi connectivity index (χ0v) is 64.7. The van der Waals surface area contributed by atoms with Gasteiger partial charge in [0, 0.05) is 88.6 Å². The molecule has 8 N–H and O–H groups in total. The molecule has 0 radical (unpaired) electrons. The van der Waals surface area contributed by atoms with E-state index in [1.54, 1.807) is 19.3 Å². The molecule has 24 nitrogen and oxygen atoms in total. The highest BCUT2D eigenvalue weighted by Crippen LogP contribution is 2.38. The number of carbonyl (C=O) groups excluding carboxylic acids is 6. The van der Waals surface area contributed by atoms with E-state index in [-0.39, 0.29) is 71.9 Å².